The smallest absolute Gasteiger partial charge is 0.126 e. The van der Waals surface area contributed by atoms with Crippen LogP contribution in [0.3, 0.4) is 0 Å². The van der Waals surface area contributed by atoms with Gasteiger partial charge in [-0.3, -0.25) is 0 Å². The molecule has 0 radical (unpaired) electrons. The summed E-state index contributed by atoms with van der Waals surface area (Å²) in [6, 6.07) is 4.31. The van der Waals surface area contributed by atoms with Crippen LogP contribution in [0.5, 0.6) is 5.75 Å². The zero-order chi connectivity index (χ0) is 14.0. The third kappa shape index (κ3) is 3.11. The second-order valence-electron chi connectivity index (χ2n) is 6.61. The molecule has 0 unspecified atom stereocenters. The molecule has 1 fully saturated rings. The van der Waals surface area contributed by atoms with E-state index >= 15 is 0 Å². The topological polar surface area (TPSA) is 29.5 Å². The van der Waals surface area contributed by atoms with Crippen LogP contribution >= 0.6 is 0 Å². The molecule has 1 aromatic rings. The average molecular weight is 262 g/mol. The van der Waals surface area contributed by atoms with Gasteiger partial charge in [-0.1, -0.05) is 38.0 Å². The molecule has 0 saturated heterocycles. The first-order valence-electron chi connectivity index (χ1n) is 7.29. The van der Waals surface area contributed by atoms with Crippen molar-refractivity contribution < 1.29 is 9.84 Å². The lowest BCUT2D eigenvalue weighted by Gasteiger charge is -2.30. The molecule has 1 aliphatic carbocycles. The van der Waals surface area contributed by atoms with Crippen molar-refractivity contribution in [3.05, 3.63) is 28.8 Å². The second-order valence-corrected chi connectivity index (χ2v) is 6.61. The molecular formula is C17H26O2. The van der Waals surface area contributed by atoms with Gasteiger partial charge in [0.05, 0.1) is 13.2 Å². The Balaban J connectivity index is 2.28. The Morgan fingerprint density at radius 3 is 2.47 bits per heavy atom. The summed E-state index contributed by atoms with van der Waals surface area (Å²) in [4.78, 5) is 0. The standard InChI is InChI=1S/C17H26O2/c1-12-8-13(2)16(19-10-14-6-5-7-14)15(9-12)17(3,4)11-18/h8-9,14,18H,5-7,10-11H2,1-4H3. The van der Waals surface area contributed by atoms with Crippen LogP contribution in [0, 0.1) is 19.8 Å². The van der Waals surface area contributed by atoms with Crippen LogP contribution < -0.4 is 4.74 Å². The Morgan fingerprint density at radius 2 is 1.95 bits per heavy atom. The highest BCUT2D eigenvalue weighted by atomic mass is 16.5. The molecule has 106 valence electrons. The van der Waals surface area contributed by atoms with Crippen molar-refractivity contribution in [2.45, 2.75) is 52.4 Å². The molecule has 2 rings (SSSR count). The van der Waals surface area contributed by atoms with E-state index in [0.717, 1.165) is 23.8 Å². The van der Waals surface area contributed by atoms with Gasteiger partial charge in [0.15, 0.2) is 0 Å². The van der Waals surface area contributed by atoms with E-state index in [9.17, 15) is 5.11 Å². The van der Waals surface area contributed by atoms with Crippen molar-refractivity contribution in [3.63, 3.8) is 0 Å². The van der Waals surface area contributed by atoms with Crippen LogP contribution in [0.4, 0.5) is 0 Å². The fourth-order valence-electron chi connectivity index (χ4n) is 2.59. The molecule has 1 N–H and O–H groups in total. The van der Waals surface area contributed by atoms with Crippen molar-refractivity contribution in [2.75, 3.05) is 13.2 Å². The minimum absolute atomic E-state index is 0.135. The molecule has 0 bridgehead atoms. The minimum Gasteiger partial charge on any atom is -0.493 e. The predicted octanol–water partition coefficient (Wildman–Crippen LogP) is 3.75. The number of benzene rings is 1. The predicted molar refractivity (Wildman–Crippen MR) is 78.9 cm³/mol. The zero-order valence-corrected chi connectivity index (χ0v) is 12.6. The number of aliphatic hydroxyl groups excluding tert-OH is 1. The summed E-state index contributed by atoms with van der Waals surface area (Å²) in [7, 11) is 0. The Bertz CT molecular complexity index is 445. The van der Waals surface area contributed by atoms with E-state index in [1.807, 2.05) is 0 Å². The molecule has 19 heavy (non-hydrogen) atoms. The normalized spacial score (nSPS) is 16.3. The van der Waals surface area contributed by atoms with Crippen LogP contribution in [0.2, 0.25) is 0 Å². The SMILES string of the molecule is Cc1cc(C)c(OCC2CCC2)c(C(C)(C)CO)c1. The summed E-state index contributed by atoms with van der Waals surface area (Å²) in [6.07, 6.45) is 3.93. The van der Waals surface area contributed by atoms with Gasteiger partial charge in [0.1, 0.15) is 5.75 Å². The van der Waals surface area contributed by atoms with Crippen molar-refractivity contribution in [2.24, 2.45) is 5.92 Å². The molecule has 0 heterocycles. The maximum Gasteiger partial charge on any atom is 0.126 e. The van der Waals surface area contributed by atoms with E-state index in [4.69, 9.17) is 4.74 Å². The molecular weight excluding hydrogens is 236 g/mol. The van der Waals surface area contributed by atoms with Crippen LogP contribution in [0.25, 0.3) is 0 Å². The summed E-state index contributed by atoms with van der Waals surface area (Å²) in [6.45, 7) is 9.28. The summed E-state index contributed by atoms with van der Waals surface area (Å²) < 4.78 is 6.10. The van der Waals surface area contributed by atoms with Gasteiger partial charge in [0.2, 0.25) is 0 Å². The van der Waals surface area contributed by atoms with Crippen molar-refractivity contribution in [3.8, 4) is 5.75 Å². The highest BCUT2D eigenvalue weighted by molar-refractivity contribution is 5.47. The van der Waals surface area contributed by atoms with E-state index < -0.39 is 0 Å². The van der Waals surface area contributed by atoms with E-state index in [1.54, 1.807) is 0 Å². The van der Waals surface area contributed by atoms with Gasteiger partial charge in [-0.25, -0.2) is 0 Å². The second kappa shape index (κ2) is 5.54. The van der Waals surface area contributed by atoms with Crippen LogP contribution in [-0.2, 0) is 5.41 Å². The molecule has 2 nitrogen and oxygen atoms in total. The van der Waals surface area contributed by atoms with Gasteiger partial charge in [-0.15, -0.1) is 0 Å². The van der Waals surface area contributed by atoms with Gasteiger partial charge in [0, 0.05) is 11.0 Å². The fourth-order valence-corrected chi connectivity index (χ4v) is 2.59. The molecule has 0 aliphatic heterocycles. The molecule has 0 atom stereocenters. The first-order valence-corrected chi connectivity index (χ1v) is 7.29. The number of rotatable bonds is 5. The Hall–Kier alpha value is -1.02. The number of hydrogen-bond acceptors (Lipinski definition) is 2. The highest BCUT2D eigenvalue weighted by Crippen LogP contribution is 2.36. The lowest BCUT2D eigenvalue weighted by Crippen LogP contribution is -2.25. The third-order valence-corrected chi connectivity index (χ3v) is 4.23. The lowest BCUT2D eigenvalue weighted by atomic mass is 9.82. The number of hydrogen-bond donors (Lipinski definition) is 1. The summed E-state index contributed by atoms with van der Waals surface area (Å²) >= 11 is 0. The molecule has 0 aromatic heterocycles. The maximum absolute atomic E-state index is 9.63. The Kier molecular flexibility index (Phi) is 4.19. The number of aryl methyl sites for hydroxylation is 2. The molecule has 0 spiro atoms. The Labute approximate surface area is 116 Å². The first-order chi connectivity index (χ1) is 8.94. The molecule has 2 heteroatoms. The van der Waals surface area contributed by atoms with E-state index in [1.165, 1.54) is 30.4 Å². The Morgan fingerprint density at radius 1 is 1.26 bits per heavy atom. The van der Waals surface area contributed by atoms with Gasteiger partial charge >= 0.3 is 0 Å². The average Bonchev–Trinajstić information content (AvgIpc) is 2.29. The molecule has 1 aromatic carbocycles. The quantitative estimate of drug-likeness (QED) is 0.875. The number of ether oxygens (including phenoxy) is 1. The summed E-state index contributed by atoms with van der Waals surface area (Å²) in [5, 5.41) is 9.63. The largest absolute Gasteiger partial charge is 0.493 e. The lowest BCUT2D eigenvalue weighted by molar-refractivity contribution is 0.171. The van der Waals surface area contributed by atoms with Crippen LogP contribution in [0.1, 0.15) is 49.8 Å². The fraction of sp³-hybridized carbons (Fsp3) is 0.647. The van der Waals surface area contributed by atoms with Gasteiger partial charge in [-0.05, 0) is 38.2 Å². The van der Waals surface area contributed by atoms with E-state index in [0.29, 0.717) is 0 Å². The third-order valence-electron chi connectivity index (χ3n) is 4.23. The van der Waals surface area contributed by atoms with Gasteiger partial charge in [0.25, 0.3) is 0 Å². The first kappa shape index (κ1) is 14.4. The van der Waals surface area contributed by atoms with Crippen LogP contribution in [-0.4, -0.2) is 18.3 Å². The molecule has 1 saturated carbocycles. The van der Waals surface area contributed by atoms with E-state index in [-0.39, 0.29) is 12.0 Å². The van der Waals surface area contributed by atoms with Crippen molar-refractivity contribution in [1.29, 1.82) is 0 Å². The van der Waals surface area contributed by atoms with Crippen molar-refractivity contribution in [1.82, 2.24) is 0 Å². The van der Waals surface area contributed by atoms with Gasteiger partial charge in [-0.2, -0.15) is 0 Å². The summed E-state index contributed by atoms with van der Waals surface area (Å²) in [5.74, 6) is 1.71. The van der Waals surface area contributed by atoms with E-state index in [2.05, 4.69) is 39.8 Å². The molecule has 0 amide bonds. The van der Waals surface area contributed by atoms with Crippen molar-refractivity contribution >= 4 is 0 Å². The summed E-state index contributed by atoms with van der Waals surface area (Å²) in [5.41, 5.74) is 3.28. The van der Waals surface area contributed by atoms with Crippen LogP contribution in [0.15, 0.2) is 12.1 Å². The minimum atomic E-state index is -0.258. The maximum atomic E-state index is 9.63. The zero-order valence-electron chi connectivity index (χ0n) is 12.6. The molecule has 1 aliphatic rings. The highest BCUT2D eigenvalue weighted by Gasteiger charge is 2.26. The monoisotopic (exact) mass is 262 g/mol. The van der Waals surface area contributed by atoms with Gasteiger partial charge < -0.3 is 9.84 Å². The number of aliphatic hydroxyl groups is 1.